The molecule has 0 saturated heterocycles. The Bertz CT molecular complexity index is 601. The van der Waals surface area contributed by atoms with E-state index in [1.54, 1.807) is 26.0 Å². The molecule has 0 fully saturated rings. The summed E-state index contributed by atoms with van der Waals surface area (Å²) in [7, 11) is 0. The molecule has 1 rings (SSSR count). The lowest BCUT2D eigenvalue weighted by Crippen LogP contribution is -2.28. The van der Waals surface area contributed by atoms with Gasteiger partial charge in [0.05, 0.1) is 0 Å². The first-order valence-corrected chi connectivity index (χ1v) is 6.40. The fraction of sp³-hybridized carbons (Fsp3) is 0.312. The molecule has 1 unspecified atom stereocenters. The van der Waals surface area contributed by atoms with E-state index in [0.717, 1.165) is 6.29 Å². The van der Waals surface area contributed by atoms with Crippen molar-refractivity contribution in [1.29, 1.82) is 0 Å². The van der Waals surface area contributed by atoms with Crippen LogP contribution >= 0.6 is 0 Å². The zero-order chi connectivity index (χ0) is 16.2. The van der Waals surface area contributed by atoms with Gasteiger partial charge in [0.25, 0.3) is 0 Å². The van der Waals surface area contributed by atoms with E-state index in [1.807, 2.05) is 0 Å². The number of ether oxygens (including phenoxy) is 2. The van der Waals surface area contributed by atoms with Gasteiger partial charge in [0.1, 0.15) is 12.0 Å². The molecular weight excluding hydrogens is 272 g/mol. The van der Waals surface area contributed by atoms with Gasteiger partial charge < -0.3 is 9.47 Å². The normalized spacial score (nSPS) is 11.4. The van der Waals surface area contributed by atoms with Gasteiger partial charge in [0.2, 0.25) is 0 Å². The number of aryl methyl sites for hydroxylation is 2. The number of rotatable bonds is 5. The first-order valence-electron chi connectivity index (χ1n) is 6.40. The first kappa shape index (κ1) is 16.6. The molecule has 0 aliphatic carbocycles. The maximum absolute atomic E-state index is 11.9. The molecule has 21 heavy (non-hydrogen) atoms. The molecule has 0 aliphatic rings. The predicted octanol–water partition coefficient (Wildman–Crippen LogP) is 2.53. The zero-order valence-electron chi connectivity index (χ0n) is 12.6. The second kappa shape index (κ2) is 6.83. The summed E-state index contributed by atoms with van der Waals surface area (Å²) in [5.74, 6) is -1.00. The average molecular weight is 290 g/mol. The number of esters is 2. The van der Waals surface area contributed by atoms with Gasteiger partial charge >= 0.3 is 11.9 Å². The second-order valence-electron chi connectivity index (χ2n) is 4.84. The molecule has 112 valence electrons. The van der Waals surface area contributed by atoms with Gasteiger partial charge in [-0.2, -0.15) is 0 Å². The van der Waals surface area contributed by atoms with Crippen LogP contribution in [0.15, 0.2) is 24.3 Å². The minimum atomic E-state index is -1.04. The fourth-order valence-corrected chi connectivity index (χ4v) is 1.55. The molecule has 0 aliphatic heterocycles. The van der Waals surface area contributed by atoms with Crippen LogP contribution < -0.4 is 4.74 Å². The third-order valence-electron chi connectivity index (χ3n) is 2.87. The van der Waals surface area contributed by atoms with Gasteiger partial charge in [-0.05, 0) is 51.0 Å². The van der Waals surface area contributed by atoms with Crippen LogP contribution in [-0.4, -0.2) is 24.3 Å². The summed E-state index contributed by atoms with van der Waals surface area (Å²) in [5.41, 5.74) is 2.09. The van der Waals surface area contributed by atoms with Gasteiger partial charge in [-0.1, -0.05) is 6.58 Å². The van der Waals surface area contributed by atoms with Crippen molar-refractivity contribution < 1.29 is 23.9 Å². The Hall–Kier alpha value is -2.43. The SMILES string of the molecule is C=C(C)C(=O)OC(C)C(=O)Oc1cc(C)c(C=O)cc1C. The summed E-state index contributed by atoms with van der Waals surface area (Å²) in [5, 5.41) is 0. The van der Waals surface area contributed by atoms with Crippen molar-refractivity contribution in [2.24, 2.45) is 0 Å². The lowest BCUT2D eigenvalue weighted by Gasteiger charge is -2.14. The highest BCUT2D eigenvalue weighted by Crippen LogP contribution is 2.22. The number of hydrogen-bond acceptors (Lipinski definition) is 5. The van der Waals surface area contributed by atoms with Gasteiger partial charge in [0, 0.05) is 11.1 Å². The Morgan fingerprint density at radius 1 is 1.24 bits per heavy atom. The Kier molecular flexibility index (Phi) is 5.41. The Morgan fingerprint density at radius 3 is 2.38 bits per heavy atom. The Balaban J connectivity index is 2.84. The third-order valence-corrected chi connectivity index (χ3v) is 2.87. The number of aldehydes is 1. The van der Waals surface area contributed by atoms with Crippen LogP contribution in [0.2, 0.25) is 0 Å². The van der Waals surface area contributed by atoms with E-state index in [0.29, 0.717) is 22.4 Å². The summed E-state index contributed by atoms with van der Waals surface area (Å²) in [6.45, 7) is 9.81. The molecule has 0 saturated carbocycles. The van der Waals surface area contributed by atoms with E-state index in [9.17, 15) is 14.4 Å². The lowest BCUT2D eigenvalue weighted by molar-refractivity contribution is -0.158. The summed E-state index contributed by atoms with van der Waals surface area (Å²) >= 11 is 0. The van der Waals surface area contributed by atoms with E-state index in [1.165, 1.54) is 13.8 Å². The maximum Gasteiger partial charge on any atom is 0.352 e. The van der Waals surface area contributed by atoms with Crippen molar-refractivity contribution in [3.8, 4) is 5.75 Å². The van der Waals surface area contributed by atoms with Crippen LogP contribution in [-0.2, 0) is 14.3 Å². The van der Waals surface area contributed by atoms with Crippen LogP contribution in [0.4, 0.5) is 0 Å². The highest BCUT2D eigenvalue weighted by atomic mass is 16.6. The number of carbonyl (C=O) groups is 3. The summed E-state index contributed by atoms with van der Waals surface area (Å²) in [6.07, 6.45) is -0.301. The van der Waals surface area contributed by atoms with Crippen molar-refractivity contribution in [3.63, 3.8) is 0 Å². The van der Waals surface area contributed by atoms with Crippen molar-refractivity contribution in [3.05, 3.63) is 41.0 Å². The van der Waals surface area contributed by atoms with Crippen molar-refractivity contribution in [1.82, 2.24) is 0 Å². The van der Waals surface area contributed by atoms with Gasteiger partial charge in [-0.3, -0.25) is 4.79 Å². The molecule has 1 atom stereocenters. The van der Waals surface area contributed by atoms with E-state index in [2.05, 4.69) is 6.58 Å². The largest absolute Gasteiger partial charge is 0.447 e. The van der Waals surface area contributed by atoms with Crippen LogP contribution in [0.25, 0.3) is 0 Å². The van der Waals surface area contributed by atoms with E-state index >= 15 is 0 Å². The topological polar surface area (TPSA) is 69.7 Å². The average Bonchev–Trinajstić information content (AvgIpc) is 2.41. The molecule has 0 amide bonds. The lowest BCUT2D eigenvalue weighted by atomic mass is 10.1. The molecule has 1 aromatic carbocycles. The highest BCUT2D eigenvalue weighted by Gasteiger charge is 2.21. The number of hydrogen-bond donors (Lipinski definition) is 0. The molecule has 0 aromatic heterocycles. The fourth-order valence-electron chi connectivity index (χ4n) is 1.55. The van der Waals surface area contributed by atoms with Crippen LogP contribution in [0.3, 0.4) is 0 Å². The van der Waals surface area contributed by atoms with Gasteiger partial charge in [-0.15, -0.1) is 0 Å². The smallest absolute Gasteiger partial charge is 0.352 e. The van der Waals surface area contributed by atoms with Crippen molar-refractivity contribution >= 4 is 18.2 Å². The Labute approximate surface area is 123 Å². The molecule has 0 bridgehead atoms. The summed E-state index contributed by atoms with van der Waals surface area (Å²) in [6, 6.07) is 3.24. The monoisotopic (exact) mass is 290 g/mol. The third kappa shape index (κ3) is 4.27. The van der Waals surface area contributed by atoms with Gasteiger partial charge in [-0.25, -0.2) is 9.59 Å². The predicted molar refractivity (Wildman–Crippen MR) is 77.3 cm³/mol. The molecule has 0 spiro atoms. The molecular formula is C16H18O5. The second-order valence-corrected chi connectivity index (χ2v) is 4.84. The van der Waals surface area contributed by atoms with E-state index in [4.69, 9.17) is 9.47 Å². The number of benzene rings is 1. The minimum Gasteiger partial charge on any atom is -0.447 e. The summed E-state index contributed by atoms with van der Waals surface area (Å²) in [4.78, 5) is 34.1. The van der Waals surface area contributed by atoms with Crippen molar-refractivity contribution in [2.75, 3.05) is 0 Å². The van der Waals surface area contributed by atoms with Crippen LogP contribution in [0.5, 0.6) is 5.75 Å². The quantitative estimate of drug-likeness (QED) is 0.361. The Morgan fingerprint density at radius 2 is 1.86 bits per heavy atom. The highest BCUT2D eigenvalue weighted by molar-refractivity contribution is 5.89. The van der Waals surface area contributed by atoms with Crippen LogP contribution in [0.1, 0.15) is 35.3 Å². The standard InChI is InChI=1S/C16H18O5/c1-9(2)15(18)20-12(5)16(19)21-14-7-10(3)13(8-17)6-11(14)4/h6-8,12H,1H2,2-5H3. The van der Waals surface area contributed by atoms with E-state index in [-0.39, 0.29) is 5.57 Å². The van der Waals surface area contributed by atoms with Crippen LogP contribution in [0, 0.1) is 13.8 Å². The molecule has 1 aromatic rings. The van der Waals surface area contributed by atoms with Crippen molar-refractivity contribution in [2.45, 2.75) is 33.8 Å². The zero-order valence-corrected chi connectivity index (χ0v) is 12.6. The molecule has 5 nitrogen and oxygen atoms in total. The molecule has 5 heteroatoms. The first-order chi connectivity index (χ1) is 9.76. The molecule has 0 N–H and O–H groups in total. The maximum atomic E-state index is 11.9. The van der Waals surface area contributed by atoms with E-state index < -0.39 is 18.0 Å². The minimum absolute atomic E-state index is 0.206. The molecule has 0 heterocycles. The number of carbonyl (C=O) groups excluding carboxylic acids is 3. The summed E-state index contributed by atoms with van der Waals surface area (Å²) < 4.78 is 10.1. The van der Waals surface area contributed by atoms with Gasteiger partial charge in [0.15, 0.2) is 6.10 Å². The molecule has 0 radical (unpaired) electrons.